The number of nitrogens with one attached hydrogen (secondary N) is 1. The van der Waals surface area contributed by atoms with E-state index in [1.807, 2.05) is 11.9 Å². The van der Waals surface area contributed by atoms with Gasteiger partial charge in [0, 0.05) is 25.1 Å². The summed E-state index contributed by atoms with van der Waals surface area (Å²) >= 11 is 0. The van der Waals surface area contributed by atoms with Gasteiger partial charge in [-0.05, 0) is 46.7 Å². The minimum Gasteiger partial charge on any atom is -0.340 e. The van der Waals surface area contributed by atoms with E-state index in [0.717, 1.165) is 31.5 Å². The van der Waals surface area contributed by atoms with E-state index in [4.69, 9.17) is 0 Å². The molecule has 1 aromatic rings. The number of hydrogen-bond donors (Lipinski definition) is 1. The molecule has 0 bridgehead atoms. The largest absolute Gasteiger partial charge is 0.340 e. The Labute approximate surface area is 130 Å². The van der Waals surface area contributed by atoms with Crippen LogP contribution in [0.2, 0.25) is 0 Å². The third-order valence-corrected chi connectivity index (χ3v) is 5.18. The molecule has 0 spiro atoms. The normalized spacial score (nSPS) is 26.8. The quantitative estimate of drug-likeness (QED) is 0.880. The first kappa shape index (κ1) is 15.2. The van der Waals surface area contributed by atoms with E-state index in [0.29, 0.717) is 18.9 Å². The fraction of sp³-hybridized carbons (Fsp3) is 0.688. The maximum absolute atomic E-state index is 12.8. The van der Waals surface area contributed by atoms with Crippen molar-refractivity contribution < 1.29 is 4.79 Å². The average molecular weight is 304 g/mol. The van der Waals surface area contributed by atoms with Crippen molar-refractivity contribution in [2.75, 3.05) is 26.7 Å². The molecule has 3 heterocycles. The first-order chi connectivity index (χ1) is 10.4. The smallest absolute Gasteiger partial charge is 0.251 e. The van der Waals surface area contributed by atoms with Gasteiger partial charge in [0.25, 0.3) is 5.56 Å². The second-order valence-electron chi connectivity index (χ2n) is 6.82. The number of likely N-dealkylation sites (tertiary alicyclic amines) is 2. The van der Waals surface area contributed by atoms with Crippen LogP contribution in [-0.4, -0.2) is 57.9 Å². The summed E-state index contributed by atoms with van der Waals surface area (Å²) in [7, 11) is 2.04. The molecule has 6 nitrogen and oxygen atoms in total. The van der Waals surface area contributed by atoms with Gasteiger partial charge in [-0.1, -0.05) is 0 Å². The molecule has 1 amide bonds. The third-order valence-electron chi connectivity index (χ3n) is 5.18. The van der Waals surface area contributed by atoms with Crippen LogP contribution in [0.25, 0.3) is 0 Å². The SMILES string of the molecule is Cc1nc(C2CN(C(=O)C3(C)CCCCN3C)C2)cc(=O)[nH]1. The number of hydrogen-bond acceptors (Lipinski definition) is 4. The number of aromatic amines is 1. The summed E-state index contributed by atoms with van der Waals surface area (Å²) in [4.78, 5) is 35.5. The summed E-state index contributed by atoms with van der Waals surface area (Å²) in [5.74, 6) is 1.03. The monoisotopic (exact) mass is 304 g/mol. The van der Waals surface area contributed by atoms with Gasteiger partial charge in [-0.25, -0.2) is 4.98 Å². The van der Waals surface area contributed by atoms with Crippen molar-refractivity contribution in [2.45, 2.75) is 44.6 Å². The molecule has 0 aliphatic carbocycles. The molecule has 1 atom stereocenters. The van der Waals surface area contributed by atoms with Crippen molar-refractivity contribution in [1.82, 2.24) is 19.8 Å². The summed E-state index contributed by atoms with van der Waals surface area (Å²) in [5.41, 5.74) is 0.305. The van der Waals surface area contributed by atoms with E-state index in [1.165, 1.54) is 0 Å². The summed E-state index contributed by atoms with van der Waals surface area (Å²) in [6, 6.07) is 1.55. The van der Waals surface area contributed by atoms with Gasteiger partial charge in [0.15, 0.2) is 0 Å². The average Bonchev–Trinajstić information content (AvgIpc) is 2.39. The van der Waals surface area contributed by atoms with Crippen LogP contribution in [-0.2, 0) is 4.79 Å². The lowest BCUT2D eigenvalue weighted by molar-refractivity contribution is -0.149. The zero-order valence-electron chi connectivity index (χ0n) is 13.6. The molecule has 2 aliphatic rings. The van der Waals surface area contributed by atoms with Gasteiger partial charge in [-0.2, -0.15) is 0 Å². The van der Waals surface area contributed by atoms with Gasteiger partial charge in [0.05, 0.1) is 11.2 Å². The minimum atomic E-state index is -0.374. The number of carbonyl (C=O) groups excluding carboxylic acids is 1. The summed E-state index contributed by atoms with van der Waals surface area (Å²) in [6.45, 7) is 6.15. The summed E-state index contributed by atoms with van der Waals surface area (Å²) < 4.78 is 0. The van der Waals surface area contributed by atoms with Crippen molar-refractivity contribution in [3.05, 3.63) is 27.9 Å². The van der Waals surface area contributed by atoms with E-state index in [1.54, 1.807) is 13.0 Å². The van der Waals surface area contributed by atoms with Crippen molar-refractivity contribution in [3.63, 3.8) is 0 Å². The zero-order chi connectivity index (χ0) is 15.9. The first-order valence-electron chi connectivity index (χ1n) is 7.98. The second kappa shape index (κ2) is 5.50. The Kier molecular flexibility index (Phi) is 3.80. The van der Waals surface area contributed by atoms with Gasteiger partial charge in [0.1, 0.15) is 5.82 Å². The van der Waals surface area contributed by atoms with Gasteiger partial charge in [-0.15, -0.1) is 0 Å². The fourth-order valence-electron chi connectivity index (χ4n) is 3.51. The molecule has 120 valence electrons. The van der Waals surface area contributed by atoms with E-state index >= 15 is 0 Å². The Bertz CT molecular complexity index is 635. The number of nitrogens with zero attached hydrogens (tertiary/aromatic N) is 3. The van der Waals surface area contributed by atoms with Crippen molar-refractivity contribution >= 4 is 5.91 Å². The van der Waals surface area contributed by atoms with Crippen LogP contribution in [0.1, 0.15) is 43.6 Å². The van der Waals surface area contributed by atoms with Crippen molar-refractivity contribution in [1.29, 1.82) is 0 Å². The van der Waals surface area contributed by atoms with E-state index in [2.05, 4.69) is 21.8 Å². The molecule has 6 heteroatoms. The van der Waals surface area contributed by atoms with Crippen LogP contribution in [0.5, 0.6) is 0 Å². The molecule has 0 aromatic carbocycles. The third kappa shape index (κ3) is 2.56. The van der Waals surface area contributed by atoms with Gasteiger partial charge >= 0.3 is 0 Å². The second-order valence-corrected chi connectivity index (χ2v) is 6.82. The van der Waals surface area contributed by atoms with Crippen molar-refractivity contribution in [2.24, 2.45) is 0 Å². The number of likely N-dealkylation sites (N-methyl/N-ethyl adjacent to an activating group) is 1. The standard InChI is InChI=1S/C16H24N4O2/c1-11-17-13(8-14(21)18-11)12-9-20(10-12)15(22)16(2)6-4-5-7-19(16)3/h8,12H,4-7,9-10H2,1-3H3,(H,17,18,21). The van der Waals surface area contributed by atoms with Crippen LogP contribution in [0.4, 0.5) is 0 Å². The molecule has 1 aromatic heterocycles. The lowest BCUT2D eigenvalue weighted by atomic mass is 9.85. The minimum absolute atomic E-state index is 0.119. The molecule has 1 N–H and O–H groups in total. The predicted octanol–water partition coefficient (Wildman–Crippen LogP) is 0.879. The lowest BCUT2D eigenvalue weighted by Crippen LogP contribution is -2.62. The maximum atomic E-state index is 12.8. The van der Waals surface area contributed by atoms with Crippen LogP contribution in [0.15, 0.2) is 10.9 Å². The Hall–Kier alpha value is -1.69. The molecular formula is C16H24N4O2. The maximum Gasteiger partial charge on any atom is 0.251 e. The predicted molar refractivity (Wildman–Crippen MR) is 83.8 cm³/mol. The Balaban J connectivity index is 1.67. The zero-order valence-corrected chi connectivity index (χ0v) is 13.6. The lowest BCUT2D eigenvalue weighted by Gasteiger charge is -2.48. The molecule has 2 aliphatic heterocycles. The van der Waals surface area contributed by atoms with Crippen LogP contribution >= 0.6 is 0 Å². The van der Waals surface area contributed by atoms with Crippen LogP contribution in [0, 0.1) is 6.92 Å². The van der Waals surface area contributed by atoms with Crippen LogP contribution < -0.4 is 5.56 Å². The highest BCUT2D eigenvalue weighted by atomic mass is 16.2. The Morgan fingerprint density at radius 3 is 2.77 bits per heavy atom. The fourth-order valence-corrected chi connectivity index (χ4v) is 3.51. The Morgan fingerprint density at radius 1 is 1.41 bits per heavy atom. The van der Waals surface area contributed by atoms with Gasteiger partial charge < -0.3 is 9.88 Å². The number of amides is 1. The molecule has 0 radical (unpaired) electrons. The van der Waals surface area contributed by atoms with Crippen LogP contribution in [0.3, 0.4) is 0 Å². The number of piperidine rings is 1. The molecule has 0 saturated carbocycles. The highest BCUT2D eigenvalue weighted by molar-refractivity contribution is 5.87. The van der Waals surface area contributed by atoms with Crippen molar-refractivity contribution in [3.8, 4) is 0 Å². The summed E-state index contributed by atoms with van der Waals surface area (Å²) in [6.07, 6.45) is 3.20. The Morgan fingerprint density at radius 2 is 2.14 bits per heavy atom. The van der Waals surface area contributed by atoms with E-state index in [9.17, 15) is 9.59 Å². The number of aryl methyl sites for hydroxylation is 1. The number of rotatable bonds is 2. The number of carbonyl (C=O) groups is 1. The molecule has 22 heavy (non-hydrogen) atoms. The molecular weight excluding hydrogens is 280 g/mol. The van der Waals surface area contributed by atoms with Gasteiger partial charge in [0.2, 0.25) is 5.91 Å². The topological polar surface area (TPSA) is 69.3 Å². The molecule has 2 fully saturated rings. The van der Waals surface area contributed by atoms with E-state index in [-0.39, 0.29) is 22.9 Å². The molecule has 1 unspecified atom stereocenters. The highest BCUT2D eigenvalue weighted by Gasteiger charge is 2.45. The first-order valence-corrected chi connectivity index (χ1v) is 7.98. The number of aromatic nitrogens is 2. The van der Waals surface area contributed by atoms with Gasteiger partial charge in [-0.3, -0.25) is 14.5 Å². The number of H-pyrrole nitrogens is 1. The molecule has 3 rings (SSSR count). The van der Waals surface area contributed by atoms with E-state index < -0.39 is 0 Å². The highest BCUT2D eigenvalue weighted by Crippen LogP contribution is 2.33. The molecule has 2 saturated heterocycles. The summed E-state index contributed by atoms with van der Waals surface area (Å²) in [5, 5.41) is 0.